The summed E-state index contributed by atoms with van der Waals surface area (Å²) in [7, 11) is -4.02. The van der Waals surface area contributed by atoms with Crippen molar-refractivity contribution in [3.63, 3.8) is 0 Å². The Balaban J connectivity index is 0.000000362. The Hall–Kier alpha value is -1.15. The van der Waals surface area contributed by atoms with Gasteiger partial charge < -0.3 is 0 Å². The van der Waals surface area contributed by atoms with Gasteiger partial charge in [0.05, 0.1) is 4.90 Å². The third kappa shape index (κ3) is 6.53. The van der Waals surface area contributed by atoms with Crippen LogP contribution in [-0.2, 0) is 10.1 Å². The summed E-state index contributed by atoms with van der Waals surface area (Å²) in [6.45, 7) is 2.22. The Morgan fingerprint density at radius 2 is 1.26 bits per heavy atom. The first-order chi connectivity index (χ1) is 8.25. The van der Waals surface area contributed by atoms with E-state index in [-0.39, 0.29) is 18.7 Å². The highest BCUT2D eigenvalue weighted by Gasteiger charge is 2.47. The summed E-state index contributed by atoms with van der Waals surface area (Å²) in [5.41, 5.74) is 0.956. The fourth-order valence-electron chi connectivity index (χ4n) is 0.710. The number of halogens is 4. The number of hydrogen-bond acceptors (Lipinski definition) is 2. The lowest BCUT2D eigenvalue weighted by molar-refractivity contribution is -0.185. The molecule has 0 aromatic heterocycles. The number of rotatable bonds is 2. The van der Waals surface area contributed by atoms with Gasteiger partial charge in [-0.25, -0.2) is 17.6 Å². The molecule has 1 N–H and O–H groups in total. The molecule has 19 heavy (non-hydrogen) atoms. The first-order valence-corrected chi connectivity index (χ1v) is 6.49. The van der Waals surface area contributed by atoms with Gasteiger partial charge in [0, 0.05) is 13.8 Å². The highest BCUT2D eigenvalue weighted by molar-refractivity contribution is 7.85. The highest BCUT2D eigenvalue weighted by atomic mass is 32.2. The quantitative estimate of drug-likeness (QED) is 0.671. The first kappa shape index (κ1) is 17.8. The smallest absolute Gasteiger partial charge is 0.282 e. The van der Waals surface area contributed by atoms with Crippen molar-refractivity contribution in [2.24, 2.45) is 0 Å². The number of aryl methyl sites for hydroxylation is 1. The molecule has 0 bridgehead atoms. The van der Waals surface area contributed by atoms with Crippen LogP contribution in [0.3, 0.4) is 0 Å². The zero-order valence-electron chi connectivity index (χ0n) is 10.5. The Labute approximate surface area is 109 Å². The van der Waals surface area contributed by atoms with Gasteiger partial charge in [-0.15, -0.1) is 0 Å². The molecule has 0 spiro atoms. The molecule has 0 saturated carbocycles. The molecule has 0 aliphatic rings. The van der Waals surface area contributed by atoms with Gasteiger partial charge in [-0.1, -0.05) is 17.7 Å². The van der Waals surface area contributed by atoms with Gasteiger partial charge in [0.1, 0.15) is 0 Å². The SMILES string of the molecule is CC(F)(F)C(C)(F)F.Cc1ccc(S(=O)(=O)O)cc1. The lowest BCUT2D eigenvalue weighted by Crippen LogP contribution is -2.33. The molecule has 0 amide bonds. The average molecular weight is 302 g/mol. The molecule has 1 rings (SSSR count). The van der Waals surface area contributed by atoms with Crippen LogP contribution < -0.4 is 0 Å². The van der Waals surface area contributed by atoms with Crippen molar-refractivity contribution >= 4 is 10.1 Å². The van der Waals surface area contributed by atoms with Crippen LogP contribution in [-0.4, -0.2) is 24.8 Å². The van der Waals surface area contributed by atoms with E-state index in [0.29, 0.717) is 0 Å². The minimum Gasteiger partial charge on any atom is -0.282 e. The molecule has 0 aliphatic carbocycles. The maximum atomic E-state index is 11.5. The Kier molecular flexibility index (Phi) is 5.52. The normalized spacial score (nSPS) is 12.6. The molecule has 8 heteroatoms. The second kappa shape index (κ2) is 5.87. The van der Waals surface area contributed by atoms with Crippen molar-refractivity contribution in [1.29, 1.82) is 0 Å². The van der Waals surface area contributed by atoms with Gasteiger partial charge in [-0.2, -0.15) is 8.42 Å². The van der Waals surface area contributed by atoms with Gasteiger partial charge in [-0.05, 0) is 19.1 Å². The lowest BCUT2D eigenvalue weighted by atomic mass is 10.2. The summed E-state index contributed by atoms with van der Waals surface area (Å²) >= 11 is 0. The molecule has 1 aromatic rings. The van der Waals surface area contributed by atoms with E-state index in [2.05, 4.69) is 0 Å². The zero-order valence-corrected chi connectivity index (χ0v) is 11.3. The second-order valence-corrected chi connectivity index (χ2v) is 5.49. The third-order valence-electron chi connectivity index (χ3n) is 2.09. The lowest BCUT2D eigenvalue weighted by Gasteiger charge is -2.17. The van der Waals surface area contributed by atoms with Crippen LogP contribution in [0.25, 0.3) is 0 Å². The molecule has 0 saturated heterocycles. The first-order valence-electron chi connectivity index (χ1n) is 5.05. The molecule has 0 heterocycles. The van der Waals surface area contributed by atoms with E-state index >= 15 is 0 Å². The number of benzene rings is 1. The zero-order chi connectivity index (χ0) is 15.5. The molecule has 110 valence electrons. The topological polar surface area (TPSA) is 54.4 Å². The maximum absolute atomic E-state index is 11.5. The Morgan fingerprint density at radius 3 is 1.47 bits per heavy atom. The highest BCUT2D eigenvalue weighted by Crippen LogP contribution is 2.32. The maximum Gasteiger partial charge on any atom is 0.307 e. The predicted molar refractivity (Wildman–Crippen MR) is 62.2 cm³/mol. The summed E-state index contributed by atoms with van der Waals surface area (Å²) in [6.07, 6.45) is 0. The van der Waals surface area contributed by atoms with E-state index in [4.69, 9.17) is 4.55 Å². The minimum absolute atomic E-state index is 0.0666. The second-order valence-electron chi connectivity index (χ2n) is 4.06. The molecule has 0 aliphatic heterocycles. The summed E-state index contributed by atoms with van der Waals surface area (Å²) < 4.78 is 75.5. The van der Waals surface area contributed by atoms with Gasteiger partial charge in [0.2, 0.25) is 0 Å². The van der Waals surface area contributed by atoms with Gasteiger partial charge in [0.25, 0.3) is 10.1 Å². The average Bonchev–Trinajstić information content (AvgIpc) is 2.14. The summed E-state index contributed by atoms with van der Waals surface area (Å²) in [4.78, 5) is -0.0666. The van der Waals surface area contributed by atoms with Gasteiger partial charge in [0.15, 0.2) is 0 Å². The molecule has 0 radical (unpaired) electrons. The molecule has 0 unspecified atom stereocenters. The molecular weight excluding hydrogens is 288 g/mol. The minimum atomic E-state index is -4.02. The molecule has 1 aromatic carbocycles. The fourth-order valence-corrected chi connectivity index (χ4v) is 1.19. The monoisotopic (exact) mass is 302 g/mol. The number of hydrogen-bond donors (Lipinski definition) is 1. The van der Waals surface area contributed by atoms with Crippen molar-refractivity contribution in [2.45, 2.75) is 37.5 Å². The van der Waals surface area contributed by atoms with E-state index in [1.165, 1.54) is 12.1 Å². The van der Waals surface area contributed by atoms with E-state index in [1.54, 1.807) is 12.1 Å². The molecular formula is C11H14F4O3S. The van der Waals surface area contributed by atoms with Gasteiger partial charge in [-0.3, -0.25) is 4.55 Å². The van der Waals surface area contributed by atoms with E-state index < -0.39 is 22.0 Å². The summed E-state index contributed by atoms with van der Waals surface area (Å²) in [5.74, 6) is -7.79. The van der Waals surface area contributed by atoms with E-state index in [1.807, 2.05) is 6.92 Å². The predicted octanol–water partition coefficient (Wildman–Crippen LogP) is 3.54. The van der Waals surface area contributed by atoms with Crippen LogP contribution in [0.4, 0.5) is 17.6 Å². The van der Waals surface area contributed by atoms with Crippen molar-refractivity contribution < 1.29 is 30.5 Å². The standard InChI is InChI=1S/C7H8O3S.C4H6F4/c1-6-2-4-7(5-3-6)11(8,9)10;1-3(5,6)4(2,7)8/h2-5H,1H3,(H,8,9,10);1-2H3. The van der Waals surface area contributed by atoms with E-state index in [9.17, 15) is 26.0 Å². The van der Waals surface area contributed by atoms with E-state index in [0.717, 1.165) is 5.56 Å². The van der Waals surface area contributed by atoms with Crippen LogP contribution in [0.15, 0.2) is 29.2 Å². The molecule has 0 fully saturated rings. The van der Waals surface area contributed by atoms with Gasteiger partial charge >= 0.3 is 11.8 Å². The van der Waals surface area contributed by atoms with Crippen LogP contribution in [0, 0.1) is 6.92 Å². The number of alkyl halides is 4. The molecule has 3 nitrogen and oxygen atoms in total. The van der Waals surface area contributed by atoms with Crippen molar-refractivity contribution in [1.82, 2.24) is 0 Å². The van der Waals surface area contributed by atoms with Crippen LogP contribution in [0.2, 0.25) is 0 Å². The van der Waals surface area contributed by atoms with Crippen LogP contribution >= 0.6 is 0 Å². The van der Waals surface area contributed by atoms with Crippen molar-refractivity contribution in [3.05, 3.63) is 29.8 Å². The Bertz CT molecular complexity index is 486. The Morgan fingerprint density at radius 1 is 0.947 bits per heavy atom. The molecule has 0 atom stereocenters. The van der Waals surface area contributed by atoms with Crippen LogP contribution in [0.1, 0.15) is 19.4 Å². The summed E-state index contributed by atoms with van der Waals surface area (Å²) in [5, 5.41) is 0. The largest absolute Gasteiger partial charge is 0.307 e. The summed E-state index contributed by atoms with van der Waals surface area (Å²) in [6, 6.07) is 5.99. The fraction of sp³-hybridized carbons (Fsp3) is 0.455. The third-order valence-corrected chi connectivity index (χ3v) is 2.96. The van der Waals surface area contributed by atoms with Crippen molar-refractivity contribution in [2.75, 3.05) is 0 Å². The van der Waals surface area contributed by atoms with Crippen LogP contribution in [0.5, 0.6) is 0 Å². The van der Waals surface area contributed by atoms with Crippen molar-refractivity contribution in [3.8, 4) is 0 Å².